The summed E-state index contributed by atoms with van der Waals surface area (Å²) in [6, 6.07) is 0. The lowest BCUT2D eigenvalue weighted by Gasteiger charge is -2.06. The van der Waals surface area contributed by atoms with Gasteiger partial charge in [-0.1, -0.05) is 0 Å². The smallest absolute Gasteiger partial charge is 0.333 e. The van der Waals surface area contributed by atoms with Gasteiger partial charge in [0.05, 0.1) is 20.3 Å². The van der Waals surface area contributed by atoms with Crippen LogP contribution in [0.25, 0.3) is 0 Å². The highest BCUT2D eigenvalue weighted by molar-refractivity contribution is 6.34. The number of hydrogen-bond acceptors (Lipinski definition) is 6. The summed E-state index contributed by atoms with van der Waals surface area (Å²) >= 11 is 5.50. The van der Waals surface area contributed by atoms with Gasteiger partial charge in [0, 0.05) is 0 Å². The molecule has 7 heteroatoms. The monoisotopic (exact) mass is 250 g/mol. The number of allylic oxidation sites excluding steroid dienone is 1. The van der Waals surface area contributed by atoms with Crippen LogP contribution < -0.4 is 0 Å². The molecule has 0 bridgehead atoms. The lowest BCUT2D eigenvalue weighted by atomic mass is 10.2. The molecule has 0 saturated heterocycles. The number of carbonyl (C=O) groups is 3. The zero-order valence-corrected chi connectivity index (χ0v) is 9.48. The second-order valence-electron chi connectivity index (χ2n) is 2.67. The number of rotatable bonds is 5. The Kier molecular flexibility index (Phi) is 6.17. The highest BCUT2D eigenvalue weighted by Crippen LogP contribution is 2.10. The van der Waals surface area contributed by atoms with Crippen LogP contribution in [0, 0.1) is 0 Å². The van der Waals surface area contributed by atoms with Gasteiger partial charge < -0.3 is 14.6 Å². The molecule has 0 aliphatic heterocycles. The van der Waals surface area contributed by atoms with E-state index < -0.39 is 35.3 Å². The molecule has 1 N–H and O–H groups in total. The van der Waals surface area contributed by atoms with E-state index in [1.807, 2.05) is 0 Å². The van der Waals surface area contributed by atoms with Crippen LogP contribution in [0.4, 0.5) is 0 Å². The van der Waals surface area contributed by atoms with Gasteiger partial charge in [-0.15, -0.1) is 11.6 Å². The highest BCUT2D eigenvalue weighted by atomic mass is 35.5. The summed E-state index contributed by atoms with van der Waals surface area (Å²) in [5, 5.41) is 7.76. The third-order valence-corrected chi connectivity index (χ3v) is 2.02. The molecule has 0 aliphatic rings. The number of Topliss-reactive ketones (excluding diaryl/α,β-unsaturated/α-hetero) is 1. The van der Waals surface area contributed by atoms with Crippen LogP contribution in [-0.2, 0) is 23.9 Å². The third-order valence-electron chi connectivity index (χ3n) is 1.56. The number of alkyl halides is 1. The number of ether oxygens (including phenoxy) is 2. The maximum atomic E-state index is 11.2. The Bertz CT molecular complexity index is 322. The molecule has 6 nitrogen and oxygen atoms in total. The van der Waals surface area contributed by atoms with Gasteiger partial charge in [-0.25, -0.2) is 4.79 Å². The van der Waals surface area contributed by atoms with Crippen molar-refractivity contribution in [2.24, 2.45) is 0 Å². The predicted molar refractivity (Wildman–Crippen MR) is 54.0 cm³/mol. The number of esters is 2. The molecule has 0 spiro atoms. The number of hydrogen-bond donors (Lipinski definition) is 1. The molecule has 0 aromatic carbocycles. The van der Waals surface area contributed by atoms with Crippen LogP contribution in [0.1, 0.15) is 6.42 Å². The minimum atomic E-state index is -1.47. The first kappa shape index (κ1) is 14.4. The molecule has 0 saturated carbocycles. The lowest BCUT2D eigenvalue weighted by Crippen LogP contribution is -2.21. The van der Waals surface area contributed by atoms with Crippen molar-refractivity contribution in [2.75, 3.05) is 14.2 Å². The van der Waals surface area contributed by atoms with Gasteiger partial charge in [-0.05, 0) is 0 Å². The van der Waals surface area contributed by atoms with Crippen LogP contribution in [-0.4, -0.2) is 42.4 Å². The molecule has 0 fully saturated rings. The van der Waals surface area contributed by atoms with Crippen molar-refractivity contribution in [1.82, 2.24) is 0 Å². The minimum Gasteiger partial charge on any atom is -0.510 e. The Labute approximate surface area is 96.8 Å². The molecule has 0 heterocycles. The molecule has 16 heavy (non-hydrogen) atoms. The van der Waals surface area contributed by atoms with E-state index >= 15 is 0 Å². The summed E-state index contributed by atoms with van der Waals surface area (Å²) < 4.78 is 8.46. The molecule has 0 aliphatic carbocycles. The van der Waals surface area contributed by atoms with Crippen LogP contribution in [0.5, 0.6) is 0 Å². The van der Waals surface area contributed by atoms with Gasteiger partial charge in [0.2, 0.25) is 0 Å². The molecule has 0 amide bonds. The summed E-state index contributed by atoms with van der Waals surface area (Å²) in [5.41, 5.74) is 0. The van der Waals surface area contributed by atoms with Crippen LogP contribution in [0.2, 0.25) is 0 Å². The molecule has 1 atom stereocenters. The van der Waals surface area contributed by atoms with Crippen molar-refractivity contribution >= 4 is 29.3 Å². The minimum absolute atomic E-state index is 0.580. The Balaban J connectivity index is 4.49. The van der Waals surface area contributed by atoms with Gasteiger partial charge in [0.1, 0.15) is 17.6 Å². The zero-order chi connectivity index (χ0) is 12.7. The normalized spacial score (nSPS) is 12.8. The van der Waals surface area contributed by atoms with E-state index in [9.17, 15) is 19.5 Å². The van der Waals surface area contributed by atoms with E-state index in [2.05, 4.69) is 9.47 Å². The van der Waals surface area contributed by atoms with Crippen molar-refractivity contribution < 1.29 is 29.0 Å². The second-order valence-corrected chi connectivity index (χ2v) is 3.11. The van der Waals surface area contributed by atoms with E-state index in [-0.39, 0.29) is 0 Å². The van der Waals surface area contributed by atoms with E-state index in [1.54, 1.807) is 0 Å². The van der Waals surface area contributed by atoms with E-state index in [4.69, 9.17) is 11.6 Å². The van der Waals surface area contributed by atoms with E-state index in [0.29, 0.717) is 6.08 Å². The maximum Gasteiger partial charge on any atom is 0.333 e. The zero-order valence-electron chi connectivity index (χ0n) is 8.73. The first-order valence-electron chi connectivity index (χ1n) is 4.14. The largest absolute Gasteiger partial charge is 0.510 e. The van der Waals surface area contributed by atoms with Gasteiger partial charge >= 0.3 is 11.9 Å². The van der Waals surface area contributed by atoms with Gasteiger partial charge in [0.15, 0.2) is 5.78 Å². The van der Waals surface area contributed by atoms with Gasteiger partial charge in [-0.2, -0.15) is 0 Å². The van der Waals surface area contributed by atoms with Gasteiger partial charge in [0.25, 0.3) is 0 Å². The van der Waals surface area contributed by atoms with Crippen molar-refractivity contribution in [3.05, 3.63) is 11.8 Å². The number of methoxy groups -OCH3 is 2. The van der Waals surface area contributed by atoms with Crippen LogP contribution >= 0.6 is 11.6 Å². The summed E-state index contributed by atoms with van der Waals surface area (Å²) in [6.45, 7) is 0. The molecule has 0 radical (unpaired) electrons. The maximum absolute atomic E-state index is 11.2. The first-order chi connectivity index (χ1) is 7.42. The summed E-state index contributed by atoms with van der Waals surface area (Å²) in [4.78, 5) is 32.7. The number of aliphatic hydroxyl groups excluding tert-OH is 1. The summed E-state index contributed by atoms with van der Waals surface area (Å²) in [7, 11) is 2.22. The van der Waals surface area contributed by atoms with Crippen molar-refractivity contribution in [2.45, 2.75) is 11.8 Å². The van der Waals surface area contributed by atoms with E-state index in [1.165, 1.54) is 0 Å². The standard InChI is InChI=1S/C9H11ClO6/c1-15-7(13)3-5(11)9(10)6(12)4-8(14)16-2/h3,9,11H,4H2,1-2H3/b5-3-. The Morgan fingerprint density at radius 1 is 1.31 bits per heavy atom. The Morgan fingerprint density at radius 2 is 1.88 bits per heavy atom. The lowest BCUT2D eigenvalue weighted by molar-refractivity contribution is -0.143. The number of aliphatic hydroxyl groups is 1. The molecule has 1 unspecified atom stereocenters. The number of ketones is 1. The topological polar surface area (TPSA) is 89.9 Å². The molecule has 0 rings (SSSR count). The van der Waals surface area contributed by atoms with Crippen molar-refractivity contribution in [3.8, 4) is 0 Å². The SMILES string of the molecule is COC(=O)/C=C(\O)C(Cl)C(=O)CC(=O)OC. The van der Waals surface area contributed by atoms with Crippen molar-refractivity contribution in [1.29, 1.82) is 0 Å². The average Bonchev–Trinajstić information content (AvgIpc) is 2.27. The number of carbonyl (C=O) groups excluding carboxylic acids is 3. The first-order valence-corrected chi connectivity index (χ1v) is 4.58. The fraction of sp³-hybridized carbons (Fsp3) is 0.444. The average molecular weight is 251 g/mol. The Hall–Kier alpha value is -1.56. The molecule has 90 valence electrons. The van der Waals surface area contributed by atoms with Crippen LogP contribution in [0.15, 0.2) is 11.8 Å². The summed E-state index contributed by atoms with van der Waals surface area (Å²) in [6.07, 6.45) is 0.0799. The van der Waals surface area contributed by atoms with Gasteiger partial charge in [-0.3, -0.25) is 9.59 Å². The fourth-order valence-corrected chi connectivity index (χ4v) is 0.862. The molecular weight excluding hydrogens is 240 g/mol. The predicted octanol–water partition coefficient (Wildman–Crippen LogP) is 0.341. The molecule has 0 aromatic heterocycles. The fourth-order valence-electron chi connectivity index (χ4n) is 0.722. The molecular formula is C9H11ClO6. The quantitative estimate of drug-likeness (QED) is 0.249. The van der Waals surface area contributed by atoms with Crippen LogP contribution in [0.3, 0.4) is 0 Å². The van der Waals surface area contributed by atoms with Crippen molar-refractivity contribution in [3.63, 3.8) is 0 Å². The number of halogens is 1. The summed E-state index contributed by atoms with van der Waals surface area (Å²) in [5.74, 6) is -3.08. The Morgan fingerprint density at radius 3 is 2.31 bits per heavy atom. The second kappa shape index (κ2) is 6.84. The third kappa shape index (κ3) is 4.79. The van der Waals surface area contributed by atoms with E-state index in [0.717, 1.165) is 14.2 Å². The highest BCUT2D eigenvalue weighted by Gasteiger charge is 2.23. The molecule has 0 aromatic rings.